The predicted molar refractivity (Wildman–Crippen MR) is 80.0 cm³/mol. The maximum absolute atomic E-state index is 5.78. The number of hydrogen-bond acceptors (Lipinski definition) is 5. The van der Waals surface area contributed by atoms with E-state index in [-0.39, 0.29) is 6.10 Å². The Bertz CT molecular complexity index is 509. The Labute approximate surface area is 117 Å². The zero-order valence-corrected chi connectivity index (χ0v) is 11.9. The molecule has 4 nitrogen and oxygen atoms in total. The number of aromatic nitrogens is 1. The summed E-state index contributed by atoms with van der Waals surface area (Å²) < 4.78 is 7.01. The summed E-state index contributed by atoms with van der Waals surface area (Å²) in [6, 6.07) is 8.23. The summed E-state index contributed by atoms with van der Waals surface area (Å²) in [4.78, 5) is 7.00. The lowest BCUT2D eigenvalue weighted by Crippen LogP contribution is -2.45. The number of ether oxygens (including phenoxy) is 1. The minimum absolute atomic E-state index is 0.265. The number of fused-ring (bicyclic) bond motifs is 1. The zero-order chi connectivity index (χ0) is 13.1. The monoisotopic (exact) mass is 277 g/mol. The molecule has 1 aromatic heterocycles. The maximum atomic E-state index is 5.78. The van der Waals surface area contributed by atoms with Crippen LogP contribution < -0.4 is 5.32 Å². The first-order valence-corrected chi connectivity index (χ1v) is 7.60. The lowest BCUT2D eigenvalue weighted by molar-refractivity contribution is -0.0191. The van der Waals surface area contributed by atoms with Gasteiger partial charge in [0.05, 0.1) is 22.9 Å². The number of rotatable bonds is 4. The molecule has 0 saturated carbocycles. The van der Waals surface area contributed by atoms with Gasteiger partial charge in [0.15, 0.2) is 5.13 Å². The summed E-state index contributed by atoms with van der Waals surface area (Å²) in [5.41, 5.74) is 1.06. The van der Waals surface area contributed by atoms with Gasteiger partial charge < -0.3 is 10.1 Å². The molecule has 0 amide bonds. The lowest BCUT2D eigenvalue weighted by atomic mass is 10.2. The summed E-state index contributed by atoms with van der Waals surface area (Å²) in [5, 5.41) is 4.39. The molecule has 2 heterocycles. The Hall–Kier alpha value is -1.17. The summed E-state index contributed by atoms with van der Waals surface area (Å²) in [7, 11) is 0. The van der Waals surface area contributed by atoms with E-state index >= 15 is 0 Å². The molecule has 1 saturated heterocycles. The number of anilines is 1. The van der Waals surface area contributed by atoms with Gasteiger partial charge in [-0.3, -0.25) is 4.90 Å². The van der Waals surface area contributed by atoms with Crippen molar-refractivity contribution < 1.29 is 4.74 Å². The Balaban J connectivity index is 1.59. The quantitative estimate of drug-likeness (QED) is 0.931. The molecule has 2 aromatic rings. The molecule has 102 valence electrons. The highest BCUT2D eigenvalue weighted by molar-refractivity contribution is 7.22. The number of thiazole rings is 1. The first kappa shape index (κ1) is 12.8. The summed E-state index contributed by atoms with van der Waals surface area (Å²) in [5.74, 6) is 0. The van der Waals surface area contributed by atoms with Crippen molar-refractivity contribution in [2.24, 2.45) is 0 Å². The second-order valence-corrected chi connectivity index (χ2v) is 5.78. The van der Waals surface area contributed by atoms with Crippen molar-refractivity contribution >= 4 is 26.7 Å². The normalized spacial score (nSPS) is 20.8. The van der Waals surface area contributed by atoms with Gasteiger partial charge in [-0.05, 0) is 18.7 Å². The average molecular weight is 277 g/mol. The van der Waals surface area contributed by atoms with Gasteiger partial charge in [0.1, 0.15) is 0 Å². The number of nitrogens with one attached hydrogen (secondary N) is 1. The van der Waals surface area contributed by atoms with Crippen LogP contribution in [-0.2, 0) is 4.74 Å². The average Bonchev–Trinajstić information content (AvgIpc) is 2.88. The molecule has 1 atom stereocenters. The molecule has 0 spiro atoms. The van der Waals surface area contributed by atoms with Gasteiger partial charge in [-0.25, -0.2) is 4.98 Å². The van der Waals surface area contributed by atoms with E-state index in [1.807, 2.05) is 18.2 Å². The van der Waals surface area contributed by atoms with Gasteiger partial charge >= 0.3 is 0 Å². The third-order valence-corrected chi connectivity index (χ3v) is 4.44. The Morgan fingerprint density at radius 2 is 2.37 bits per heavy atom. The van der Waals surface area contributed by atoms with Crippen LogP contribution in [0.1, 0.15) is 6.92 Å². The zero-order valence-electron chi connectivity index (χ0n) is 11.1. The Morgan fingerprint density at radius 1 is 1.47 bits per heavy atom. The van der Waals surface area contributed by atoms with Crippen molar-refractivity contribution in [2.75, 3.05) is 38.1 Å². The molecule has 0 radical (unpaired) electrons. The van der Waals surface area contributed by atoms with E-state index in [0.717, 1.165) is 43.4 Å². The van der Waals surface area contributed by atoms with Crippen molar-refractivity contribution in [3.05, 3.63) is 24.3 Å². The SMILES string of the molecule is CCN1CCOC(CNc2nc3ccccc3s2)C1. The number of likely N-dealkylation sites (N-methyl/N-ethyl adjacent to an activating group) is 1. The van der Waals surface area contributed by atoms with Crippen molar-refractivity contribution in [1.29, 1.82) is 0 Å². The molecule has 1 N–H and O–H groups in total. The summed E-state index contributed by atoms with van der Waals surface area (Å²) >= 11 is 1.70. The molecule has 5 heteroatoms. The van der Waals surface area contributed by atoms with Crippen molar-refractivity contribution in [3.8, 4) is 0 Å². The van der Waals surface area contributed by atoms with Crippen molar-refractivity contribution in [1.82, 2.24) is 9.88 Å². The van der Waals surface area contributed by atoms with E-state index < -0.39 is 0 Å². The number of benzene rings is 1. The van der Waals surface area contributed by atoms with Crippen LogP contribution in [0.4, 0.5) is 5.13 Å². The van der Waals surface area contributed by atoms with Crippen LogP contribution in [-0.4, -0.2) is 48.8 Å². The highest BCUT2D eigenvalue weighted by atomic mass is 32.1. The largest absolute Gasteiger partial charge is 0.374 e. The Morgan fingerprint density at radius 3 is 3.21 bits per heavy atom. The molecular weight excluding hydrogens is 258 g/mol. The van der Waals surface area contributed by atoms with Crippen LogP contribution in [0.2, 0.25) is 0 Å². The fourth-order valence-corrected chi connectivity index (χ4v) is 3.21. The fourth-order valence-electron chi connectivity index (χ4n) is 2.34. The van der Waals surface area contributed by atoms with Crippen LogP contribution in [0.3, 0.4) is 0 Å². The first-order chi connectivity index (χ1) is 9.35. The van der Waals surface area contributed by atoms with E-state index in [2.05, 4.69) is 28.2 Å². The number of para-hydroxylation sites is 1. The molecule has 19 heavy (non-hydrogen) atoms. The predicted octanol–water partition coefficient (Wildman–Crippen LogP) is 2.43. The minimum Gasteiger partial charge on any atom is -0.374 e. The third-order valence-electron chi connectivity index (χ3n) is 3.44. The number of hydrogen-bond donors (Lipinski definition) is 1. The summed E-state index contributed by atoms with van der Waals surface area (Å²) in [6.07, 6.45) is 0.265. The fraction of sp³-hybridized carbons (Fsp3) is 0.500. The van der Waals surface area contributed by atoms with Crippen molar-refractivity contribution in [3.63, 3.8) is 0 Å². The van der Waals surface area contributed by atoms with E-state index in [1.165, 1.54) is 4.70 Å². The standard InChI is InChI=1S/C14H19N3OS/c1-2-17-7-8-18-11(10-17)9-15-14-16-12-5-3-4-6-13(12)19-14/h3-6,11H,2,7-10H2,1H3,(H,15,16). The van der Waals surface area contributed by atoms with Gasteiger partial charge in [0.2, 0.25) is 0 Å². The van der Waals surface area contributed by atoms with Gasteiger partial charge in [0, 0.05) is 19.6 Å². The summed E-state index contributed by atoms with van der Waals surface area (Å²) in [6.45, 7) is 7.02. The topological polar surface area (TPSA) is 37.4 Å². The molecule has 1 fully saturated rings. The lowest BCUT2D eigenvalue weighted by Gasteiger charge is -2.32. The smallest absolute Gasteiger partial charge is 0.183 e. The van der Waals surface area contributed by atoms with Crippen LogP contribution in [0, 0.1) is 0 Å². The molecule has 1 aliphatic heterocycles. The molecule has 1 aromatic carbocycles. The maximum Gasteiger partial charge on any atom is 0.183 e. The van der Waals surface area contributed by atoms with E-state index in [9.17, 15) is 0 Å². The molecular formula is C14H19N3OS. The van der Waals surface area contributed by atoms with Crippen LogP contribution in [0.25, 0.3) is 10.2 Å². The van der Waals surface area contributed by atoms with Gasteiger partial charge in [0.25, 0.3) is 0 Å². The molecule has 0 bridgehead atoms. The third kappa shape index (κ3) is 3.05. The molecule has 3 rings (SSSR count). The van der Waals surface area contributed by atoms with E-state index in [1.54, 1.807) is 11.3 Å². The number of morpholine rings is 1. The molecule has 1 unspecified atom stereocenters. The van der Waals surface area contributed by atoms with Crippen LogP contribution >= 0.6 is 11.3 Å². The highest BCUT2D eigenvalue weighted by Gasteiger charge is 2.19. The molecule has 1 aliphatic rings. The van der Waals surface area contributed by atoms with E-state index in [0.29, 0.717) is 0 Å². The minimum atomic E-state index is 0.265. The Kier molecular flexibility index (Phi) is 3.96. The second kappa shape index (κ2) is 5.86. The van der Waals surface area contributed by atoms with Gasteiger partial charge in [-0.2, -0.15) is 0 Å². The first-order valence-electron chi connectivity index (χ1n) is 6.78. The molecule has 0 aliphatic carbocycles. The van der Waals surface area contributed by atoms with Crippen LogP contribution in [0.15, 0.2) is 24.3 Å². The van der Waals surface area contributed by atoms with Gasteiger partial charge in [-0.1, -0.05) is 30.4 Å². The van der Waals surface area contributed by atoms with Crippen LogP contribution in [0.5, 0.6) is 0 Å². The highest BCUT2D eigenvalue weighted by Crippen LogP contribution is 2.25. The second-order valence-electron chi connectivity index (χ2n) is 4.75. The number of nitrogens with zero attached hydrogens (tertiary/aromatic N) is 2. The van der Waals surface area contributed by atoms with E-state index in [4.69, 9.17) is 4.74 Å². The van der Waals surface area contributed by atoms with Crippen molar-refractivity contribution in [2.45, 2.75) is 13.0 Å². The van der Waals surface area contributed by atoms with Gasteiger partial charge in [-0.15, -0.1) is 0 Å².